The van der Waals surface area contributed by atoms with Gasteiger partial charge in [-0.1, -0.05) is 6.08 Å². The summed E-state index contributed by atoms with van der Waals surface area (Å²) in [5.74, 6) is 0.582. The van der Waals surface area contributed by atoms with Gasteiger partial charge in [-0.25, -0.2) is 0 Å². The zero-order chi connectivity index (χ0) is 10.9. The summed E-state index contributed by atoms with van der Waals surface area (Å²) in [5, 5.41) is 11.0. The highest BCUT2D eigenvalue weighted by Crippen LogP contribution is 2.05. The topological polar surface area (TPSA) is 47.0 Å². The average Bonchev–Trinajstić information content (AvgIpc) is 2.27. The molecule has 1 N–H and O–H groups in total. The molecule has 0 spiro atoms. The number of nitrogens with one attached hydrogen (secondary N) is 1. The van der Waals surface area contributed by atoms with Crippen molar-refractivity contribution in [3.8, 4) is 5.88 Å². The largest absolute Gasteiger partial charge is 0.477 e. The molecule has 0 aliphatic carbocycles. The summed E-state index contributed by atoms with van der Waals surface area (Å²) in [6.07, 6.45) is 3.81. The Kier molecular flexibility index (Phi) is 5.40. The van der Waals surface area contributed by atoms with Crippen molar-refractivity contribution in [1.29, 1.82) is 0 Å². The predicted molar refractivity (Wildman–Crippen MR) is 59.7 cm³/mol. The summed E-state index contributed by atoms with van der Waals surface area (Å²) in [5.41, 5.74) is 0.913. The summed E-state index contributed by atoms with van der Waals surface area (Å²) < 4.78 is 5.40. The molecule has 1 aromatic rings. The molecule has 0 aliphatic heterocycles. The fourth-order valence-corrected chi connectivity index (χ4v) is 1.10. The Morgan fingerprint density at radius 3 is 2.93 bits per heavy atom. The quantitative estimate of drug-likeness (QED) is 0.544. The van der Waals surface area contributed by atoms with E-state index in [1.165, 1.54) is 0 Å². The van der Waals surface area contributed by atoms with Crippen LogP contribution in [0, 0.1) is 0 Å². The standard InChI is InChI=1S/C11H17N3O/c1-3-4-5-8-15-11-7-6-10(9-12-2)13-14-11/h3,6-7,12H,1,4-5,8-9H2,2H3. The first-order valence-corrected chi connectivity index (χ1v) is 5.07. The first-order chi connectivity index (χ1) is 7.36. The Bertz CT molecular complexity index is 284. The molecule has 15 heavy (non-hydrogen) atoms. The van der Waals surface area contributed by atoms with E-state index in [0.717, 1.165) is 25.1 Å². The van der Waals surface area contributed by atoms with Crippen LogP contribution < -0.4 is 10.1 Å². The third kappa shape index (κ3) is 4.56. The van der Waals surface area contributed by atoms with Gasteiger partial charge in [-0.15, -0.1) is 11.7 Å². The molecule has 1 rings (SSSR count). The molecule has 0 fully saturated rings. The van der Waals surface area contributed by atoms with Gasteiger partial charge < -0.3 is 10.1 Å². The first kappa shape index (κ1) is 11.7. The summed E-state index contributed by atoms with van der Waals surface area (Å²) >= 11 is 0. The molecule has 0 saturated heterocycles. The summed E-state index contributed by atoms with van der Waals surface area (Å²) in [6, 6.07) is 3.75. The van der Waals surface area contributed by atoms with Crippen LogP contribution in [-0.2, 0) is 6.54 Å². The Balaban J connectivity index is 2.32. The number of ether oxygens (including phenoxy) is 1. The van der Waals surface area contributed by atoms with E-state index in [4.69, 9.17) is 4.74 Å². The van der Waals surface area contributed by atoms with Crippen LogP contribution in [-0.4, -0.2) is 23.9 Å². The van der Waals surface area contributed by atoms with Crippen LogP contribution in [0.25, 0.3) is 0 Å². The SMILES string of the molecule is C=CCCCOc1ccc(CNC)nn1. The normalized spacial score (nSPS) is 9.93. The van der Waals surface area contributed by atoms with E-state index in [1.807, 2.05) is 25.3 Å². The number of aromatic nitrogens is 2. The van der Waals surface area contributed by atoms with Crippen LogP contribution in [0.3, 0.4) is 0 Å². The molecule has 0 aromatic carbocycles. The Labute approximate surface area is 90.4 Å². The molecule has 4 heteroatoms. The van der Waals surface area contributed by atoms with Crippen LogP contribution in [0.15, 0.2) is 24.8 Å². The van der Waals surface area contributed by atoms with Crippen molar-refractivity contribution in [3.05, 3.63) is 30.5 Å². The van der Waals surface area contributed by atoms with E-state index < -0.39 is 0 Å². The zero-order valence-electron chi connectivity index (χ0n) is 9.07. The minimum atomic E-state index is 0.582. The van der Waals surface area contributed by atoms with Gasteiger partial charge in [0, 0.05) is 12.6 Å². The molecule has 0 atom stereocenters. The number of hydrogen-bond acceptors (Lipinski definition) is 4. The van der Waals surface area contributed by atoms with Gasteiger partial charge in [-0.05, 0) is 26.0 Å². The van der Waals surface area contributed by atoms with Crippen LogP contribution in [0.1, 0.15) is 18.5 Å². The van der Waals surface area contributed by atoms with Gasteiger partial charge in [-0.2, -0.15) is 5.10 Å². The second-order valence-electron chi connectivity index (χ2n) is 3.17. The minimum Gasteiger partial charge on any atom is -0.477 e. The molecule has 0 bridgehead atoms. The monoisotopic (exact) mass is 207 g/mol. The lowest BCUT2D eigenvalue weighted by molar-refractivity contribution is 0.296. The number of unbranched alkanes of at least 4 members (excludes halogenated alkanes) is 1. The molecule has 0 saturated carbocycles. The highest BCUT2D eigenvalue weighted by atomic mass is 16.5. The lowest BCUT2D eigenvalue weighted by Crippen LogP contribution is -2.08. The molecule has 0 aliphatic rings. The van der Waals surface area contributed by atoms with E-state index in [-0.39, 0.29) is 0 Å². The lowest BCUT2D eigenvalue weighted by atomic mass is 10.3. The molecule has 1 aromatic heterocycles. The molecule has 0 radical (unpaired) electrons. The Morgan fingerprint density at radius 1 is 1.47 bits per heavy atom. The highest BCUT2D eigenvalue weighted by molar-refractivity contribution is 5.11. The van der Waals surface area contributed by atoms with Crippen LogP contribution >= 0.6 is 0 Å². The van der Waals surface area contributed by atoms with Crippen molar-refractivity contribution < 1.29 is 4.74 Å². The summed E-state index contributed by atoms with van der Waals surface area (Å²) in [4.78, 5) is 0. The zero-order valence-corrected chi connectivity index (χ0v) is 9.07. The molecule has 0 unspecified atom stereocenters. The van der Waals surface area contributed by atoms with Crippen molar-refractivity contribution in [2.75, 3.05) is 13.7 Å². The van der Waals surface area contributed by atoms with E-state index in [1.54, 1.807) is 0 Å². The molecule has 0 amide bonds. The maximum atomic E-state index is 5.40. The van der Waals surface area contributed by atoms with Crippen LogP contribution in [0.4, 0.5) is 0 Å². The molecular formula is C11H17N3O. The van der Waals surface area contributed by atoms with Crippen molar-refractivity contribution in [1.82, 2.24) is 15.5 Å². The third-order valence-electron chi connectivity index (χ3n) is 1.86. The van der Waals surface area contributed by atoms with E-state index in [2.05, 4.69) is 22.1 Å². The van der Waals surface area contributed by atoms with Gasteiger partial charge in [0.05, 0.1) is 12.3 Å². The fraction of sp³-hybridized carbons (Fsp3) is 0.455. The van der Waals surface area contributed by atoms with Gasteiger partial charge >= 0.3 is 0 Å². The maximum Gasteiger partial charge on any atom is 0.233 e. The van der Waals surface area contributed by atoms with Crippen LogP contribution in [0.5, 0.6) is 5.88 Å². The van der Waals surface area contributed by atoms with Gasteiger partial charge in [0.2, 0.25) is 5.88 Å². The molecule has 4 nitrogen and oxygen atoms in total. The molecular weight excluding hydrogens is 190 g/mol. The average molecular weight is 207 g/mol. The summed E-state index contributed by atoms with van der Waals surface area (Å²) in [7, 11) is 1.88. The smallest absolute Gasteiger partial charge is 0.233 e. The highest BCUT2D eigenvalue weighted by Gasteiger charge is 1.97. The van der Waals surface area contributed by atoms with Gasteiger partial charge in [-0.3, -0.25) is 0 Å². The predicted octanol–water partition coefficient (Wildman–Crippen LogP) is 1.54. The van der Waals surface area contributed by atoms with Crippen LogP contribution in [0.2, 0.25) is 0 Å². The van der Waals surface area contributed by atoms with Crippen molar-refractivity contribution in [3.63, 3.8) is 0 Å². The van der Waals surface area contributed by atoms with E-state index in [9.17, 15) is 0 Å². The lowest BCUT2D eigenvalue weighted by Gasteiger charge is -2.03. The third-order valence-corrected chi connectivity index (χ3v) is 1.86. The van der Waals surface area contributed by atoms with Gasteiger partial charge in [0.1, 0.15) is 0 Å². The number of allylic oxidation sites excluding steroid dienone is 1. The van der Waals surface area contributed by atoms with Gasteiger partial charge in [0.15, 0.2) is 0 Å². The summed E-state index contributed by atoms with van der Waals surface area (Å²) in [6.45, 7) is 5.03. The maximum absolute atomic E-state index is 5.40. The molecule has 1 heterocycles. The second kappa shape index (κ2) is 6.95. The van der Waals surface area contributed by atoms with Crippen molar-refractivity contribution in [2.24, 2.45) is 0 Å². The van der Waals surface area contributed by atoms with E-state index in [0.29, 0.717) is 12.5 Å². The first-order valence-electron chi connectivity index (χ1n) is 5.07. The minimum absolute atomic E-state index is 0.582. The number of nitrogens with zero attached hydrogens (tertiary/aromatic N) is 2. The number of rotatable bonds is 7. The molecule has 82 valence electrons. The van der Waals surface area contributed by atoms with E-state index >= 15 is 0 Å². The van der Waals surface area contributed by atoms with Crippen molar-refractivity contribution in [2.45, 2.75) is 19.4 Å². The number of hydrogen-bond donors (Lipinski definition) is 1. The van der Waals surface area contributed by atoms with Crippen molar-refractivity contribution >= 4 is 0 Å². The second-order valence-corrected chi connectivity index (χ2v) is 3.17. The Hall–Kier alpha value is -1.42. The van der Waals surface area contributed by atoms with Gasteiger partial charge in [0.25, 0.3) is 0 Å². The Morgan fingerprint density at radius 2 is 2.33 bits per heavy atom. The fourth-order valence-electron chi connectivity index (χ4n) is 1.10.